The number of nitrogens with zero attached hydrogens (tertiary/aromatic N) is 2. The van der Waals surface area contributed by atoms with Gasteiger partial charge in [-0.05, 0) is 33.6 Å². The summed E-state index contributed by atoms with van der Waals surface area (Å²) in [4.78, 5) is 26.4. The van der Waals surface area contributed by atoms with E-state index in [4.69, 9.17) is 4.74 Å². The van der Waals surface area contributed by atoms with Gasteiger partial charge in [0.15, 0.2) is 0 Å². The predicted molar refractivity (Wildman–Crippen MR) is 69.1 cm³/mol. The van der Waals surface area contributed by atoms with E-state index >= 15 is 0 Å². The van der Waals surface area contributed by atoms with Gasteiger partial charge in [-0.15, -0.1) is 0 Å². The Balaban J connectivity index is 2.43. The van der Waals surface area contributed by atoms with Crippen molar-refractivity contribution in [3.05, 3.63) is 0 Å². The van der Waals surface area contributed by atoms with Crippen LogP contribution in [0.1, 0.15) is 33.6 Å². The molecule has 1 rings (SSSR count). The average Bonchev–Trinajstić information content (AvgIpc) is 2.36. The summed E-state index contributed by atoms with van der Waals surface area (Å²) in [5, 5.41) is 0. The Morgan fingerprint density at radius 3 is 2.50 bits per heavy atom. The van der Waals surface area contributed by atoms with Crippen molar-refractivity contribution in [2.24, 2.45) is 0 Å². The molecule has 0 aromatic rings. The summed E-state index contributed by atoms with van der Waals surface area (Å²) in [5.74, 6) is -0.323. The number of carbonyl (C=O) groups is 2. The van der Waals surface area contributed by atoms with Gasteiger partial charge in [-0.2, -0.15) is 0 Å². The molecule has 0 bridgehead atoms. The molecule has 0 aromatic heterocycles. The zero-order chi connectivity index (χ0) is 13.5. The topological polar surface area (TPSA) is 49.9 Å². The highest BCUT2D eigenvalue weighted by molar-refractivity contribution is 5.74. The Morgan fingerprint density at radius 2 is 2.06 bits per heavy atom. The number of piperidine rings is 1. The molecule has 5 heteroatoms. The van der Waals surface area contributed by atoms with Gasteiger partial charge in [0.05, 0.1) is 6.61 Å². The molecule has 0 N–H and O–H groups in total. The maximum absolute atomic E-state index is 11.4. The largest absolute Gasteiger partial charge is 0.465 e. The van der Waals surface area contributed by atoms with Crippen molar-refractivity contribution in [1.82, 2.24) is 9.80 Å². The van der Waals surface area contributed by atoms with Gasteiger partial charge in [0, 0.05) is 25.2 Å². The lowest BCUT2D eigenvalue weighted by Gasteiger charge is -2.38. The lowest BCUT2D eigenvalue weighted by atomic mass is 10.0. The van der Waals surface area contributed by atoms with Gasteiger partial charge in [0.2, 0.25) is 6.41 Å². The number of carbonyl (C=O) groups excluding carboxylic acids is 2. The predicted octanol–water partition coefficient (Wildman–Crippen LogP) is 0.881. The van der Waals surface area contributed by atoms with E-state index in [0.29, 0.717) is 12.6 Å². The van der Waals surface area contributed by atoms with Crippen molar-refractivity contribution < 1.29 is 14.3 Å². The molecular weight excluding hydrogens is 232 g/mol. The van der Waals surface area contributed by atoms with Gasteiger partial charge in [0.1, 0.15) is 6.54 Å². The van der Waals surface area contributed by atoms with Gasteiger partial charge in [0.25, 0.3) is 0 Å². The second-order valence-electron chi connectivity index (χ2n) is 4.94. The van der Waals surface area contributed by atoms with Crippen LogP contribution in [0, 0.1) is 0 Å². The van der Waals surface area contributed by atoms with Crippen molar-refractivity contribution >= 4 is 12.4 Å². The van der Waals surface area contributed by atoms with Crippen LogP contribution < -0.4 is 0 Å². The zero-order valence-corrected chi connectivity index (χ0v) is 11.6. The average molecular weight is 256 g/mol. The Bertz CT molecular complexity index is 273. The molecule has 1 aliphatic heterocycles. The minimum absolute atomic E-state index is 0.0731. The monoisotopic (exact) mass is 256 g/mol. The van der Waals surface area contributed by atoms with Gasteiger partial charge in [-0.25, -0.2) is 0 Å². The molecule has 1 amide bonds. The number of hydrogen-bond acceptors (Lipinski definition) is 4. The number of hydrogen-bond donors (Lipinski definition) is 0. The number of esters is 1. The molecule has 0 radical (unpaired) electrons. The summed E-state index contributed by atoms with van der Waals surface area (Å²) in [6.07, 6.45) is 2.62. The molecule has 0 unspecified atom stereocenters. The third kappa shape index (κ3) is 4.29. The second kappa shape index (κ2) is 7.36. The number of likely N-dealkylation sites (tertiary alicyclic amines) is 1. The summed E-state index contributed by atoms with van der Waals surface area (Å²) in [6.45, 7) is 8.52. The Labute approximate surface area is 109 Å². The van der Waals surface area contributed by atoms with Gasteiger partial charge < -0.3 is 14.5 Å². The summed E-state index contributed by atoms with van der Waals surface area (Å²) in [7, 11) is 0. The van der Waals surface area contributed by atoms with Crippen molar-refractivity contribution in [2.45, 2.75) is 45.7 Å². The van der Waals surface area contributed by atoms with Crippen molar-refractivity contribution in [3.8, 4) is 0 Å². The highest BCUT2D eigenvalue weighted by Crippen LogP contribution is 2.17. The van der Waals surface area contributed by atoms with Crippen LogP contribution in [0.5, 0.6) is 0 Å². The minimum Gasteiger partial charge on any atom is -0.465 e. The fourth-order valence-electron chi connectivity index (χ4n) is 2.34. The van der Waals surface area contributed by atoms with Crippen molar-refractivity contribution in [3.63, 3.8) is 0 Å². The number of ether oxygens (including phenoxy) is 1. The smallest absolute Gasteiger partial charge is 0.325 e. The second-order valence-corrected chi connectivity index (χ2v) is 4.94. The third-order valence-electron chi connectivity index (χ3n) is 3.45. The summed E-state index contributed by atoms with van der Waals surface area (Å²) in [6, 6.07) is 0.711. The molecule has 5 nitrogen and oxygen atoms in total. The van der Waals surface area contributed by atoms with Crippen LogP contribution in [0.4, 0.5) is 0 Å². The van der Waals surface area contributed by atoms with E-state index in [2.05, 4.69) is 18.7 Å². The quantitative estimate of drug-likeness (QED) is 0.523. The number of amides is 1. The van der Waals surface area contributed by atoms with Crippen molar-refractivity contribution in [1.29, 1.82) is 0 Å². The molecule has 0 aliphatic carbocycles. The first-order chi connectivity index (χ1) is 8.58. The molecule has 0 saturated carbocycles. The van der Waals surface area contributed by atoms with E-state index in [-0.39, 0.29) is 18.6 Å². The SMILES string of the molecule is CCOC(=O)CN(C=O)C1CCN(C(C)C)CC1. The molecular formula is C13H24N2O3. The van der Waals surface area contributed by atoms with E-state index in [0.717, 1.165) is 32.3 Å². The summed E-state index contributed by atoms with van der Waals surface area (Å²) < 4.78 is 4.87. The molecule has 0 aromatic carbocycles. The van der Waals surface area contributed by atoms with Crippen LogP contribution in [-0.4, -0.2) is 60.5 Å². The fraction of sp³-hybridized carbons (Fsp3) is 0.846. The zero-order valence-electron chi connectivity index (χ0n) is 11.6. The lowest BCUT2D eigenvalue weighted by Crippen LogP contribution is -2.47. The minimum atomic E-state index is -0.323. The van der Waals surface area contributed by atoms with Gasteiger partial charge >= 0.3 is 5.97 Å². The third-order valence-corrected chi connectivity index (χ3v) is 3.45. The maximum atomic E-state index is 11.4. The normalized spacial score (nSPS) is 17.8. The Hall–Kier alpha value is -1.10. The molecule has 18 heavy (non-hydrogen) atoms. The van der Waals surface area contributed by atoms with Crippen LogP contribution in [0.2, 0.25) is 0 Å². The molecule has 104 valence electrons. The van der Waals surface area contributed by atoms with Crippen LogP contribution in [-0.2, 0) is 14.3 Å². The van der Waals surface area contributed by atoms with E-state index in [9.17, 15) is 9.59 Å². The fourth-order valence-corrected chi connectivity index (χ4v) is 2.34. The maximum Gasteiger partial charge on any atom is 0.325 e. The van der Waals surface area contributed by atoms with E-state index in [1.54, 1.807) is 11.8 Å². The first-order valence-corrected chi connectivity index (χ1v) is 6.69. The lowest BCUT2D eigenvalue weighted by molar-refractivity contribution is -0.147. The molecule has 1 fully saturated rings. The highest BCUT2D eigenvalue weighted by atomic mass is 16.5. The van der Waals surface area contributed by atoms with Gasteiger partial charge in [-0.1, -0.05) is 0 Å². The molecule has 0 spiro atoms. The van der Waals surface area contributed by atoms with Crippen LogP contribution in [0.3, 0.4) is 0 Å². The van der Waals surface area contributed by atoms with Gasteiger partial charge in [-0.3, -0.25) is 9.59 Å². The van der Waals surface area contributed by atoms with E-state index < -0.39 is 0 Å². The van der Waals surface area contributed by atoms with Crippen molar-refractivity contribution in [2.75, 3.05) is 26.2 Å². The van der Waals surface area contributed by atoms with Crippen LogP contribution >= 0.6 is 0 Å². The Morgan fingerprint density at radius 1 is 1.44 bits per heavy atom. The summed E-state index contributed by atoms with van der Waals surface area (Å²) in [5.41, 5.74) is 0. The first-order valence-electron chi connectivity index (χ1n) is 6.69. The highest BCUT2D eigenvalue weighted by Gasteiger charge is 2.26. The molecule has 1 aliphatic rings. The number of rotatable bonds is 6. The standard InChI is InChI=1S/C13H24N2O3/c1-4-18-13(17)9-15(10-16)12-5-7-14(8-6-12)11(2)3/h10-12H,4-9H2,1-3H3. The molecule has 1 saturated heterocycles. The Kier molecular flexibility index (Phi) is 6.12. The van der Waals surface area contributed by atoms with E-state index in [1.165, 1.54) is 0 Å². The van der Waals surface area contributed by atoms with E-state index in [1.807, 2.05) is 0 Å². The van der Waals surface area contributed by atoms with Crippen LogP contribution in [0.15, 0.2) is 0 Å². The molecule has 0 atom stereocenters. The summed E-state index contributed by atoms with van der Waals surface area (Å²) >= 11 is 0. The molecule has 1 heterocycles. The van der Waals surface area contributed by atoms with Crippen LogP contribution in [0.25, 0.3) is 0 Å². The first kappa shape index (κ1) is 15.0.